The third-order valence-electron chi connectivity index (χ3n) is 2.24. The molecule has 1 amide bonds. The highest BCUT2D eigenvalue weighted by atomic mass is 79.9. The summed E-state index contributed by atoms with van der Waals surface area (Å²) in [7, 11) is 0. The van der Waals surface area contributed by atoms with E-state index in [4.69, 9.17) is 0 Å². The summed E-state index contributed by atoms with van der Waals surface area (Å²) in [6.45, 7) is 1.85. The summed E-state index contributed by atoms with van der Waals surface area (Å²) in [5, 5.41) is 0. The monoisotopic (exact) mass is 265 g/mol. The number of hydrogen-bond acceptors (Lipinski definition) is 2. The maximum absolute atomic E-state index is 11.6. The van der Waals surface area contributed by atoms with E-state index in [0.29, 0.717) is 17.2 Å². The predicted octanol–water partition coefficient (Wildman–Crippen LogP) is 2.13. The average molecular weight is 266 g/mol. The Hall–Kier alpha value is 0.300. The average Bonchev–Trinajstić information content (AvgIpc) is 2.14. The van der Waals surface area contributed by atoms with Crippen LogP contribution in [0.3, 0.4) is 0 Å². The van der Waals surface area contributed by atoms with Gasteiger partial charge in [-0.15, -0.1) is 0 Å². The Kier molecular flexibility index (Phi) is 5.17. The molecule has 0 N–H and O–H groups in total. The van der Waals surface area contributed by atoms with Crippen molar-refractivity contribution in [2.24, 2.45) is 0 Å². The first kappa shape index (κ1) is 11.4. The first-order valence-corrected chi connectivity index (χ1v) is 6.95. The standard InChI is InChI=1S/C9H16BrNOS/c1-13-6-4-9(12)11-5-2-3-8(10)7-11/h8H,2-7H2,1H3. The van der Waals surface area contributed by atoms with Gasteiger partial charge in [0.15, 0.2) is 0 Å². The van der Waals surface area contributed by atoms with E-state index in [2.05, 4.69) is 15.9 Å². The number of piperidine rings is 1. The van der Waals surface area contributed by atoms with Crippen molar-refractivity contribution in [2.45, 2.75) is 24.1 Å². The van der Waals surface area contributed by atoms with E-state index in [9.17, 15) is 4.79 Å². The van der Waals surface area contributed by atoms with Crippen LogP contribution in [0.4, 0.5) is 0 Å². The van der Waals surface area contributed by atoms with Crippen molar-refractivity contribution in [3.05, 3.63) is 0 Å². The highest BCUT2D eigenvalue weighted by Crippen LogP contribution is 2.17. The van der Waals surface area contributed by atoms with Gasteiger partial charge in [-0.05, 0) is 19.1 Å². The van der Waals surface area contributed by atoms with E-state index in [-0.39, 0.29) is 0 Å². The number of halogens is 1. The zero-order valence-corrected chi connectivity index (χ0v) is 10.4. The molecule has 1 atom stereocenters. The molecule has 1 saturated heterocycles. The third-order valence-corrected chi connectivity index (χ3v) is 3.60. The number of amides is 1. The number of thioether (sulfide) groups is 1. The number of hydrogen-bond donors (Lipinski definition) is 0. The fraction of sp³-hybridized carbons (Fsp3) is 0.889. The van der Waals surface area contributed by atoms with Crippen molar-refractivity contribution in [2.75, 3.05) is 25.1 Å². The molecule has 0 aromatic rings. The summed E-state index contributed by atoms with van der Waals surface area (Å²) in [4.78, 5) is 14.1. The zero-order valence-electron chi connectivity index (χ0n) is 7.96. The lowest BCUT2D eigenvalue weighted by Gasteiger charge is -2.30. The van der Waals surface area contributed by atoms with Crippen LogP contribution in [0.1, 0.15) is 19.3 Å². The van der Waals surface area contributed by atoms with Crippen LogP contribution in [0.5, 0.6) is 0 Å². The largest absolute Gasteiger partial charge is 0.342 e. The van der Waals surface area contributed by atoms with Gasteiger partial charge in [0.1, 0.15) is 0 Å². The maximum Gasteiger partial charge on any atom is 0.223 e. The van der Waals surface area contributed by atoms with Crippen molar-refractivity contribution < 1.29 is 4.79 Å². The normalized spacial score (nSPS) is 23.2. The minimum absolute atomic E-state index is 0.318. The minimum Gasteiger partial charge on any atom is -0.342 e. The molecule has 76 valence electrons. The lowest BCUT2D eigenvalue weighted by atomic mass is 10.1. The van der Waals surface area contributed by atoms with Crippen LogP contribution in [0.25, 0.3) is 0 Å². The second-order valence-electron chi connectivity index (χ2n) is 3.32. The number of alkyl halides is 1. The zero-order chi connectivity index (χ0) is 9.68. The van der Waals surface area contributed by atoms with E-state index in [1.165, 1.54) is 6.42 Å². The van der Waals surface area contributed by atoms with Crippen LogP contribution >= 0.6 is 27.7 Å². The van der Waals surface area contributed by atoms with Crippen molar-refractivity contribution in [1.29, 1.82) is 0 Å². The SMILES string of the molecule is CSCCC(=O)N1CCCC(Br)C1. The summed E-state index contributed by atoms with van der Waals surface area (Å²) >= 11 is 5.30. The predicted molar refractivity (Wildman–Crippen MR) is 61.5 cm³/mol. The van der Waals surface area contributed by atoms with Gasteiger partial charge >= 0.3 is 0 Å². The molecule has 2 nitrogen and oxygen atoms in total. The highest BCUT2D eigenvalue weighted by molar-refractivity contribution is 9.09. The van der Waals surface area contributed by atoms with Gasteiger partial charge < -0.3 is 4.90 Å². The number of carbonyl (C=O) groups excluding carboxylic acids is 1. The van der Waals surface area contributed by atoms with Crippen LogP contribution in [-0.4, -0.2) is 40.7 Å². The first-order valence-electron chi connectivity index (χ1n) is 4.65. The molecular weight excluding hydrogens is 250 g/mol. The molecule has 1 unspecified atom stereocenters. The van der Waals surface area contributed by atoms with E-state index in [0.717, 1.165) is 25.3 Å². The summed E-state index contributed by atoms with van der Waals surface area (Å²) < 4.78 is 0. The van der Waals surface area contributed by atoms with Crippen LogP contribution in [0.2, 0.25) is 0 Å². The summed E-state index contributed by atoms with van der Waals surface area (Å²) in [6.07, 6.45) is 5.07. The molecule has 1 heterocycles. The number of nitrogens with zero attached hydrogens (tertiary/aromatic N) is 1. The molecule has 4 heteroatoms. The fourth-order valence-corrected chi connectivity index (χ4v) is 2.55. The molecular formula is C9H16BrNOS. The second kappa shape index (κ2) is 5.91. The van der Waals surface area contributed by atoms with E-state index >= 15 is 0 Å². The number of likely N-dealkylation sites (tertiary alicyclic amines) is 1. The Morgan fingerprint density at radius 2 is 2.46 bits per heavy atom. The Morgan fingerprint density at radius 3 is 3.08 bits per heavy atom. The van der Waals surface area contributed by atoms with Crippen molar-refractivity contribution >= 4 is 33.6 Å². The van der Waals surface area contributed by atoms with Crippen molar-refractivity contribution in [3.63, 3.8) is 0 Å². The fourth-order valence-electron chi connectivity index (χ4n) is 1.50. The van der Waals surface area contributed by atoms with Gasteiger partial charge in [0, 0.05) is 30.1 Å². The van der Waals surface area contributed by atoms with Gasteiger partial charge in [0.25, 0.3) is 0 Å². The second-order valence-corrected chi connectivity index (χ2v) is 5.60. The molecule has 0 radical (unpaired) electrons. The topological polar surface area (TPSA) is 20.3 Å². The van der Waals surface area contributed by atoms with Crippen molar-refractivity contribution in [1.82, 2.24) is 4.90 Å². The molecule has 1 fully saturated rings. The number of rotatable bonds is 3. The molecule has 1 rings (SSSR count). The van der Waals surface area contributed by atoms with Crippen LogP contribution < -0.4 is 0 Å². The first-order chi connectivity index (χ1) is 6.24. The Bertz CT molecular complexity index is 177. The van der Waals surface area contributed by atoms with E-state index < -0.39 is 0 Å². The van der Waals surface area contributed by atoms with Gasteiger partial charge in [-0.2, -0.15) is 11.8 Å². The third kappa shape index (κ3) is 3.90. The van der Waals surface area contributed by atoms with Crippen LogP contribution in [-0.2, 0) is 4.79 Å². The van der Waals surface area contributed by atoms with Gasteiger partial charge in [0.2, 0.25) is 5.91 Å². The molecule has 1 aliphatic heterocycles. The lowest BCUT2D eigenvalue weighted by Crippen LogP contribution is -2.40. The molecule has 1 aliphatic rings. The molecule has 0 aromatic carbocycles. The van der Waals surface area contributed by atoms with Crippen LogP contribution in [0.15, 0.2) is 0 Å². The molecule has 0 saturated carbocycles. The minimum atomic E-state index is 0.318. The lowest BCUT2D eigenvalue weighted by molar-refractivity contribution is -0.131. The number of carbonyl (C=O) groups is 1. The summed E-state index contributed by atoms with van der Waals surface area (Å²) in [5.41, 5.74) is 0. The van der Waals surface area contributed by atoms with Gasteiger partial charge in [-0.25, -0.2) is 0 Å². The Morgan fingerprint density at radius 1 is 1.69 bits per heavy atom. The molecule has 0 bridgehead atoms. The molecule has 0 aliphatic carbocycles. The maximum atomic E-state index is 11.6. The Balaban J connectivity index is 2.28. The van der Waals surface area contributed by atoms with Crippen molar-refractivity contribution in [3.8, 4) is 0 Å². The Labute approximate surface area is 92.6 Å². The van der Waals surface area contributed by atoms with Crippen LogP contribution in [0, 0.1) is 0 Å². The van der Waals surface area contributed by atoms with E-state index in [1.807, 2.05) is 11.2 Å². The summed E-state index contributed by atoms with van der Waals surface area (Å²) in [6, 6.07) is 0. The molecule has 0 aromatic heterocycles. The van der Waals surface area contributed by atoms with Gasteiger partial charge in [-0.1, -0.05) is 15.9 Å². The quantitative estimate of drug-likeness (QED) is 0.729. The summed E-state index contributed by atoms with van der Waals surface area (Å²) in [5.74, 6) is 1.26. The van der Waals surface area contributed by atoms with Gasteiger partial charge in [-0.3, -0.25) is 4.79 Å². The smallest absolute Gasteiger partial charge is 0.223 e. The molecule has 13 heavy (non-hydrogen) atoms. The van der Waals surface area contributed by atoms with E-state index in [1.54, 1.807) is 11.8 Å². The molecule has 0 spiro atoms. The highest BCUT2D eigenvalue weighted by Gasteiger charge is 2.20. The van der Waals surface area contributed by atoms with Gasteiger partial charge in [0.05, 0.1) is 0 Å².